The molecule has 2 atom stereocenters. The van der Waals surface area contributed by atoms with Crippen molar-refractivity contribution in [1.29, 1.82) is 0 Å². The van der Waals surface area contributed by atoms with Gasteiger partial charge in [0.05, 0.1) is 6.10 Å². The Morgan fingerprint density at radius 1 is 1.21 bits per heavy atom. The van der Waals surface area contributed by atoms with Crippen LogP contribution >= 0.6 is 0 Å². The molecule has 0 bridgehead atoms. The van der Waals surface area contributed by atoms with E-state index in [4.69, 9.17) is 5.73 Å². The van der Waals surface area contributed by atoms with Crippen LogP contribution in [0.15, 0.2) is 30.3 Å². The lowest BCUT2D eigenvalue weighted by Crippen LogP contribution is -2.39. The highest BCUT2D eigenvalue weighted by Gasteiger charge is 2.18. The van der Waals surface area contributed by atoms with E-state index in [2.05, 4.69) is 0 Å². The minimum absolute atomic E-state index is 0.169. The zero-order chi connectivity index (χ0) is 10.6. The second-order valence-corrected chi connectivity index (χ2v) is 4.09. The van der Waals surface area contributed by atoms with E-state index in [9.17, 15) is 5.11 Å². The highest BCUT2D eigenvalue weighted by Crippen LogP contribution is 2.09. The van der Waals surface area contributed by atoms with Gasteiger partial charge in [0.2, 0.25) is 0 Å². The van der Waals surface area contributed by atoms with Crippen LogP contribution in [0.5, 0.6) is 0 Å². The van der Waals surface area contributed by atoms with E-state index >= 15 is 0 Å². The number of aliphatic hydroxyl groups excluding tert-OH is 1. The Morgan fingerprint density at radius 3 is 2.29 bits per heavy atom. The van der Waals surface area contributed by atoms with E-state index < -0.39 is 6.10 Å². The average Bonchev–Trinajstić information content (AvgIpc) is 2.18. The van der Waals surface area contributed by atoms with Gasteiger partial charge in [0, 0.05) is 6.04 Å². The second-order valence-electron chi connectivity index (χ2n) is 4.09. The van der Waals surface area contributed by atoms with E-state index in [0.717, 1.165) is 6.42 Å². The third kappa shape index (κ3) is 3.13. The van der Waals surface area contributed by atoms with Gasteiger partial charge in [0.1, 0.15) is 0 Å². The van der Waals surface area contributed by atoms with Crippen molar-refractivity contribution in [3.8, 4) is 0 Å². The molecule has 0 amide bonds. The summed E-state index contributed by atoms with van der Waals surface area (Å²) in [7, 11) is 0. The number of nitrogens with two attached hydrogens (primary N) is 1. The van der Waals surface area contributed by atoms with E-state index in [1.54, 1.807) is 0 Å². The predicted octanol–water partition coefficient (Wildman–Crippen LogP) is 1.57. The monoisotopic (exact) mass is 193 g/mol. The molecule has 0 fully saturated rings. The lowest BCUT2D eigenvalue weighted by atomic mass is 9.95. The van der Waals surface area contributed by atoms with Crippen LogP contribution in [0.25, 0.3) is 0 Å². The van der Waals surface area contributed by atoms with Crippen LogP contribution in [-0.2, 0) is 6.42 Å². The minimum Gasteiger partial charge on any atom is -0.391 e. The van der Waals surface area contributed by atoms with Gasteiger partial charge in [-0.1, -0.05) is 44.2 Å². The Kier molecular flexibility index (Phi) is 4.11. The summed E-state index contributed by atoms with van der Waals surface area (Å²) >= 11 is 0. The Bertz CT molecular complexity index is 258. The van der Waals surface area contributed by atoms with Crippen LogP contribution in [0, 0.1) is 5.92 Å². The predicted molar refractivity (Wildman–Crippen MR) is 59.0 cm³/mol. The van der Waals surface area contributed by atoms with Gasteiger partial charge in [-0.2, -0.15) is 0 Å². The van der Waals surface area contributed by atoms with Gasteiger partial charge in [-0.3, -0.25) is 0 Å². The highest BCUT2D eigenvalue weighted by molar-refractivity contribution is 5.16. The Balaban J connectivity index is 2.53. The molecule has 1 rings (SSSR count). The van der Waals surface area contributed by atoms with E-state index in [0.29, 0.717) is 0 Å². The average molecular weight is 193 g/mol. The molecule has 78 valence electrons. The number of benzene rings is 1. The zero-order valence-corrected chi connectivity index (χ0v) is 8.85. The molecule has 14 heavy (non-hydrogen) atoms. The van der Waals surface area contributed by atoms with Gasteiger partial charge in [-0.15, -0.1) is 0 Å². The second kappa shape index (κ2) is 5.13. The van der Waals surface area contributed by atoms with Crippen molar-refractivity contribution in [1.82, 2.24) is 0 Å². The van der Waals surface area contributed by atoms with Crippen LogP contribution in [0.1, 0.15) is 19.4 Å². The number of rotatable bonds is 4. The molecule has 0 unspecified atom stereocenters. The molecule has 0 saturated carbocycles. The Labute approximate surface area is 85.8 Å². The molecule has 0 spiro atoms. The molecule has 3 N–H and O–H groups in total. The van der Waals surface area contributed by atoms with E-state index in [1.807, 2.05) is 44.2 Å². The van der Waals surface area contributed by atoms with Crippen molar-refractivity contribution < 1.29 is 5.11 Å². The molecule has 1 aromatic rings. The summed E-state index contributed by atoms with van der Waals surface area (Å²) in [5.41, 5.74) is 7.08. The molecule has 1 aromatic carbocycles. The number of aliphatic hydroxyl groups is 1. The maximum Gasteiger partial charge on any atom is 0.0717 e. The van der Waals surface area contributed by atoms with Gasteiger partial charge in [0.25, 0.3) is 0 Å². The fourth-order valence-electron chi connectivity index (χ4n) is 1.50. The van der Waals surface area contributed by atoms with Crippen molar-refractivity contribution in [3.63, 3.8) is 0 Å². The lowest BCUT2D eigenvalue weighted by Gasteiger charge is -2.21. The molecular formula is C12H19NO. The molecule has 0 aliphatic carbocycles. The molecule has 0 aliphatic heterocycles. The van der Waals surface area contributed by atoms with Crippen LogP contribution in [0.2, 0.25) is 0 Å². The third-order valence-electron chi connectivity index (χ3n) is 2.44. The van der Waals surface area contributed by atoms with Crippen LogP contribution in [-0.4, -0.2) is 17.3 Å². The summed E-state index contributed by atoms with van der Waals surface area (Å²) in [6.07, 6.45) is 0.315. The maximum absolute atomic E-state index is 9.73. The largest absolute Gasteiger partial charge is 0.391 e. The summed E-state index contributed by atoms with van der Waals surface area (Å²) < 4.78 is 0. The Morgan fingerprint density at radius 2 is 1.79 bits per heavy atom. The van der Waals surface area contributed by atoms with Gasteiger partial charge >= 0.3 is 0 Å². The van der Waals surface area contributed by atoms with Gasteiger partial charge < -0.3 is 10.8 Å². The highest BCUT2D eigenvalue weighted by atomic mass is 16.3. The lowest BCUT2D eigenvalue weighted by molar-refractivity contribution is 0.0978. The smallest absolute Gasteiger partial charge is 0.0717 e. The van der Waals surface area contributed by atoms with Crippen molar-refractivity contribution in [2.45, 2.75) is 32.4 Å². The SMILES string of the molecule is CC(C)[C@@H](O)[C@H](N)Cc1ccccc1. The molecule has 0 aromatic heterocycles. The van der Waals surface area contributed by atoms with E-state index in [-0.39, 0.29) is 12.0 Å². The summed E-state index contributed by atoms with van der Waals surface area (Å²) in [5, 5.41) is 9.73. The number of hydrogen-bond donors (Lipinski definition) is 2. The van der Waals surface area contributed by atoms with Crippen molar-refractivity contribution >= 4 is 0 Å². The van der Waals surface area contributed by atoms with Gasteiger partial charge in [-0.05, 0) is 17.9 Å². The zero-order valence-electron chi connectivity index (χ0n) is 8.85. The first kappa shape index (κ1) is 11.2. The first-order chi connectivity index (χ1) is 6.61. The first-order valence-electron chi connectivity index (χ1n) is 5.09. The summed E-state index contributed by atoms with van der Waals surface area (Å²) in [4.78, 5) is 0. The molecule has 0 saturated heterocycles. The molecule has 0 aliphatic rings. The topological polar surface area (TPSA) is 46.2 Å². The standard InChI is InChI=1S/C12H19NO/c1-9(2)12(14)11(13)8-10-6-4-3-5-7-10/h3-7,9,11-12,14H,8,13H2,1-2H3/t11-,12-/m1/s1. The molecular weight excluding hydrogens is 174 g/mol. The van der Waals surface area contributed by atoms with Crippen LogP contribution in [0.4, 0.5) is 0 Å². The summed E-state index contributed by atoms with van der Waals surface area (Å²) in [5.74, 6) is 0.216. The fraction of sp³-hybridized carbons (Fsp3) is 0.500. The summed E-state index contributed by atoms with van der Waals surface area (Å²) in [6, 6.07) is 9.86. The quantitative estimate of drug-likeness (QED) is 0.762. The van der Waals surface area contributed by atoms with Gasteiger partial charge in [0.15, 0.2) is 0 Å². The van der Waals surface area contributed by atoms with Crippen LogP contribution in [0.3, 0.4) is 0 Å². The molecule has 2 heteroatoms. The third-order valence-corrected chi connectivity index (χ3v) is 2.44. The molecule has 2 nitrogen and oxygen atoms in total. The first-order valence-corrected chi connectivity index (χ1v) is 5.09. The normalized spacial score (nSPS) is 15.5. The van der Waals surface area contributed by atoms with Crippen molar-refractivity contribution in [3.05, 3.63) is 35.9 Å². The minimum atomic E-state index is -0.421. The van der Waals surface area contributed by atoms with Crippen molar-refractivity contribution in [2.24, 2.45) is 11.7 Å². The van der Waals surface area contributed by atoms with Crippen LogP contribution < -0.4 is 5.73 Å². The maximum atomic E-state index is 9.73. The number of hydrogen-bond acceptors (Lipinski definition) is 2. The van der Waals surface area contributed by atoms with E-state index in [1.165, 1.54) is 5.56 Å². The Hall–Kier alpha value is -0.860. The molecule has 0 heterocycles. The van der Waals surface area contributed by atoms with Gasteiger partial charge in [-0.25, -0.2) is 0 Å². The summed E-state index contributed by atoms with van der Waals surface area (Å²) in [6.45, 7) is 3.96. The fourth-order valence-corrected chi connectivity index (χ4v) is 1.50. The molecule has 0 radical (unpaired) electrons. The van der Waals surface area contributed by atoms with Crippen molar-refractivity contribution in [2.75, 3.05) is 0 Å².